The molecule has 1 aromatic rings. The van der Waals surface area contributed by atoms with Gasteiger partial charge in [0.2, 0.25) is 0 Å². The first-order chi connectivity index (χ1) is 10.3. The molecule has 0 bridgehead atoms. The Hall–Kier alpha value is -1.06. The molecule has 0 aromatic heterocycles. The van der Waals surface area contributed by atoms with Crippen LogP contribution in [0, 0.1) is 17.3 Å². The first kappa shape index (κ1) is 14.5. The summed E-state index contributed by atoms with van der Waals surface area (Å²) in [6.07, 6.45) is 4.24. The maximum Gasteiger partial charge on any atom is 0.115 e. The average Bonchev–Trinajstić information content (AvgIpc) is 2.66. The van der Waals surface area contributed by atoms with Gasteiger partial charge in [0.1, 0.15) is 5.75 Å². The molecule has 4 rings (SSSR count). The summed E-state index contributed by atoms with van der Waals surface area (Å²) in [6.45, 7) is 4.00. The van der Waals surface area contributed by atoms with Gasteiger partial charge in [-0.2, -0.15) is 0 Å². The van der Waals surface area contributed by atoms with Gasteiger partial charge in [0.05, 0.1) is 11.7 Å². The molecule has 6 atom stereocenters. The molecule has 120 valence electrons. The van der Waals surface area contributed by atoms with Crippen LogP contribution in [0.1, 0.15) is 56.6 Å². The van der Waals surface area contributed by atoms with Gasteiger partial charge in [-0.15, -0.1) is 0 Å². The SMILES string of the molecule is C[C@]1(O)[C@H](O)C[C@H]2[C@@H]3CCc4cc(O)ccc4[C@H]3CC[C@@]21C. The molecular formula is C19H26O3. The van der Waals surface area contributed by atoms with Crippen LogP contribution >= 0.6 is 0 Å². The lowest BCUT2D eigenvalue weighted by Crippen LogP contribution is -2.52. The number of aliphatic hydroxyl groups is 2. The zero-order valence-electron chi connectivity index (χ0n) is 13.4. The number of hydrogen-bond donors (Lipinski definition) is 3. The van der Waals surface area contributed by atoms with Crippen LogP contribution in [0.25, 0.3) is 0 Å². The highest BCUT2D eigenvalue weighted by Crippen LogP contribution is 2.64. The Morgan fingerprint density at radius 2 is 1.95 bits per heavy atom. The van der Waals surface area contributed by atoms with Crippen molar-refractivity contribution in [1.29, 1.82) is 0 Å². The summed E-state index contributed by atoms with van der Waals surface area (Å²) in [5.41, 5.74) is 1.52. The maximum atomic E-state index is 10.9. The third-order valence-electron chi connectivity index (χ3n) is 7.38. The van der Waals surface area contributed by atoms with Crippen LogP contribution in [0.5, 0.6) is 5.75 Å². The number of aliphatic hydroxyl groups excluding tert-OH is 1. The highest BCUT2D eigenvalue weighted by molar-refractivity contribution is 5.40. The molecule has 2 fully saturated rings. The van der Waals surface area contributed by atoms with Crippen LogP contribution < -0.4 is 0 Å². The van der Waals surface area contributed by atoms with E-state index in [9.17, 15) is 15.3 Å². The zero-order valence-corrected chi connectivity index (χ0v) is 13.4. The topological polar surface area (TPSA) is 60.7 Å². The second kappa shape index (κ2) is 4.48. The van der Waals surface area contributed by atoms with E-state index in [1.807, 2.05) is 13.0 Å². The van der Waals surface area contributed by atoms with Gasteiger partial charge in [-0.3, -0.25) is 0 Å². The van der Waals surface area contributed by atoms with Gasteiger partial charge >= 0.3 is 0 Å². The second-order valence-corrected chi connectivity index (χ2v) is 8.15. The van der Waals surface area contributed by atoms with Crippen molar-refractivity contribution in [2.45, 2.75) is 63.6 Å². The smallest absolute Gasteiger partial charge is 0.115 e. The molecule has 0 heterocycles. The van der Waals surface area contributed by atoms with E-state index in [0.717, 1.165) is 32.1 Å². The van der Waals surface area contributed by atoms with E-state index in [-0.39, 0.29) is 5.41 Å². The predicted molar refractivity (Wildman–Crippen MR) is 84.7 cm³/mol. The zero-order chi connectivity index (χ0) is 15.7. The normalized spacial score (nSPS) is 46.7. The maximum absolute atomic E-state index is 10.9. The van der Waals surface area contributed by atoms with Crippen molar-refractivity contribution in [1.82, 2.24) is 0 Å². The van der Waals surface area contributed by atoms with Gasteiger partial charge in [0.15, 0.2) is 0 Å². The van der Waals surface area contributed by atoms with Gasteiger partial charge in [0.25, 0.3) is 0 Å². The Bertz CT molecular complexity index is 609. The lowest BCUT2D eigenvalue weighted by atomic mass is 9.53. The minimum absolute atomic E-state index is 0.179. The molecule has 3 nitrogen and oxygen atoms in total. The molecule has 3 aliphatic carbocycles. The van der Waals surface area contributed by atoms with Gasteiger partial charge in [0, 0.05) is 5.41 Å². The van der Waals surface area contributed by atoms with Crippen molar-refractivity contribution in [3.05, 3.63) is 29.3 Å². The van der Waals surface area contributed by atoms with Crippen LogP contribution in [-0.4, -0.2) is 27.0 Å². The number of rotatable bonds is 0. The van der Waals surface area contributed by atoms with Gasteiger partial charge in [-0.05, 0) is 80.0 Å². The highest BCUT2D eigenvalue weighted by Gasteiger charge is 2.63. The number of fused-ring (bicyclic) bond motifs is 5. The molecule has 3 aliphatic rings. The van der Waals surface area contributed by atoms with E-state index in [1.54, 1.807) is 6.07 Å². The Kier molecular flexibility index (Phi) is 2.96. The number of phenolic OH excluding ortho intramolecular Hbond substituents is 1. The lowest BCUT2D eigenvalue weighted by Gasteiger charge is -2.52. The molecule has 2 saturated carbocycles. The lowest BCUT2D eigenvalue weighted by molar-refractivity contribution is -0.128. The Labute approximate surface area is 132 Å². The first-order valence-electron chi connectivity index (χ1n) is 8.57. The van der Waals surface area contributed by atoms with Crippen LogP contribution in [0.4, 0.5) is 0 Å². The quantitative estimate of drug-likeness (QED) is 0.690. The summed E-state index contributed by atoms with van der Waals surface area (Å²) < 4.78 is 0. The molecule has 3 heteroatoms. The number of aryl methyl sites for hydroxylation is 1. The molecule has 0 saturated heterocycles. The Morgan fingerprint density at radius 1 is 1.18 bits per heavy atom. The van der Waals surface area contributed by atoms with Crippen LogP contribution in [-0.2, 0) is 6.42 Å². The third-order valence-corrected chi connectivity index (χ3v) is 7.38. The fraction of sp³-hybridized carbons (Fsp3) is 0.684. The molecule has 0 unspecified atom stereocenters. The van der Waals surface area contributed by atoms with Crippen molar-refractivity contribution in [2.24, 2.45) is 17.3 Å². The number of hydrogen-bond acceptors (Lipinski definition) is 3. The van der Waals surface area contributed by atoms with E-state index in [0.29, 0.717) is 23.5 Å². The minimum Gasteiger partial charge on any atom is -0.508 e. The molecule has 0 aliphatic heterocycles. The van der Waals surface area contributed by atoms with Gasteiger partial charge < -0.3 is 15.3 Å². The predicted octanol–water partition coefficient (Wildman–Crippen LogP) is 2.97. The average molecular weight is 302 g/mol. The standard InChI is InChI=1S/C19H26O3/c1-18-8-7-14-13-6-4-12(20)9-11(13)3-5-15(14)16(18)10-17(21)19(18,2)22/h4,6,9,14-17,20-22H,3,5,7-8,10H2,1-2H3/t14-,15-,16+,17-,18+,19+/m1/s1. The summed E-state index contributed by atoms with van der Waals surface area (Å²) in [4.78, 5) is 0. The second-order valence-electron chi connectivity index (χ2n) is 8.15. The monoisotopic (exact) mass is 302 g/mol. The van der Waals surface area contributed by atoms with Crippen molar-refractivity contribution in [3.63, 3.8) is 0 Å². The van der Waals surface area contributed by atoms with Crippen molar-refractivity contribution < 1.29 is 15.3 Å². The summed E-state index contributed by atoms with van der Waals surface area (Å²) in [6, 6.07) is 5.81. The fourth-order valence-corrected chi connectivity index (χ4v) is 5.80. The van der Waals surface area contributed by atoms with Crippen LogP contribution in [0.3, 0.4) is 0 Å². The highest BCUT2D eigenvalue weighted by atomic mass is 16.3. The third kappa shape index (κ3) is 1.70. The molecular weight excluding hydrogens is 276 g/mol. The van der Waals surface area contributed by atoms with Crippen molar-refractivity contribution in [3.8, 4) is 5.75 Å². The van der Waals surface area contributed by atoms with Gasteiger partial charge in [-0.25, -0.2) is 0 Å². The summed E-state index contributed by atoms with van der Waals surface area (Å²) in [5, 5.41) is 31.0. The molecule has 0 radical (unpaired) electrons. The molecule has 1 aromatic carbocycles. The van der Waals surface area contributed by atoms with Crippen molar-refractivity contribution >= 4 is 0 Å². The van der Waals surface area contributed by atoms with E-state index >= 15 is 0 Å². The number of phenols is 1. The van der Waals surface area contributed by atoms with E-state index in [1.165, 1.54) is 11.1 Å². The number of benzene rings is 1. The van der Waals surface area contributed by atoms with E-state index < -0.39 is 11.7 Å². The van der Waals surface area contributed by atoms with E-state index in [2.05, 4.69) is 13.0 Å². The summed E-state index contributed by atoms with van der Waals surface area (Å²) in [5.74, 6) is 1.80. The largest absolute Gasteiger partial charge is 0.508 e. The summed E-state index contributed by atoms with van der Waals surface area (Å²) >= 11 is 0. The van der Waals surface area contributed by atoms with E-state index in [4.69, 9.17) is 0 Å². The van der Waals surface area contributed by atoms with Gasteiger partial charge in [-0.1, -0.05) is 13.0 Å². The molecule has 0 amide bonds. The fourth-order valence-electron chi connectivity index (χ4n) is 5.80. The Balaban J connectivity index is 1.73. The number of aromatic hydroxyl groups is 1. The Morgan fingerprint density at radius 3 is 2.73 bits per heavy atom. The molecule has 3 N–H and O–H groups in total. The first-order valence-corrected chi connectivity index (χ1v) is 8.57. The van der Waals surface area contributed by atoms with Crippen LogP contribution in [0.15, 0.2) is 18.2 Å². The van der Waals surface area contributed by atoms with Crippen LogP contribution in [0.2, 0.25) is 0 Å². The molecule has 22 heavy (non-hydrogen) atoms. The minimum atomic E-state index is -0.974. The van der Waals surface area contributed by atoms with Crippen molar-refractivity contribution in [2.75, 3.05) is 0 Å². The summed E-state index contributed by atoms with van der Waals surface area (Å²) in [7, 11) is 0. The molecule has 0 spiro atoms.